The number of benzene rings is 1. The Balaban J connectivity index is 2.24. The summed E-state index contributed by atoms with van der Waals surface area (Å²) in [4.78, 5) is 11.1. The monoisotopic (exact) mass is 315 g/mol. The minimum Gasteiger partial charge on any atom is -0.479 e. The van der Waals surface area contributed by atoms with Crippen LogP contribution in [-0.4, -0.2) is 56.7 Å². The van der Waals surface area contributed by atoms with Gasteiger partial charge in [0.05, 0.1) is 24.7 Å². The fraction of sp³-hybridized carbons (Fsp3) is 0.462. The topological polar surface area (TPSA) is 93.1 Å². The molecule has 1 fully saturated rings. The average molecular weight is 315 g/mol. The molecule has 0 amide bonds. The number of methoxy groups -OCH3 is 1. The van der Waals surface area contributed by atoms with E-state index in [0.717, 1.165) is 9.87 Å². The average Bonchev–Trinajstić information content (AvgIpc) is 2.48. The largest absolute Gasteiger partial charge is 0.479 e. The molecular weight excluding hydrogens is 298 g/mol. The van der Waals surface area contributed by atoms with E-state index in [1.54, 1.807) is 12.1 Å². The first kappa shape index (κ1) is 15.9. The van der Waals surface area contributed by atoms with Gasteiger partial charge in [0.25, 0.3) is 0 Å². The summed E-state index contributed by atoms with van der Waals surface area (Å²) in [6.45, 7) is 0.324. The third-order valence-electron chi connectivity index (χ3n) is 3.15. The van der Waals surface area contributed by atoms with Gasteiger partial charge in [0, 0.05) is 13.7 Å². The summed E-state index contributed by atoms with van der Waals surface area (Å²) >= 11 is 0. The zero-order chi connectivity index (χ0) is 15.5. The van der Waals surface area contributed by atoms with Crippen molar-refractivity contribution in [3.05, 3.63) is 29.8 Å². The molecule has 0 saturated carbocycles. The Bertz CT molecular complexity index is 615. The number of hydrogen-bond acceptors (Lipinski definition) is 5. The molecule has 0 bridgehead atoms. The van der Waals surface area contributed by atoms with E-state index in [1.165, 1.54) is 19.2 Å². The maximum absolute atomic E-state index is 12.5. The molecule has 21 heavy (non-hydrogen) atoms. The van der Waals surface area contributed by atoms with E-state index in [2.05, 4.69) is 0 Å². The Morgan fingerprint density at radius 1 is 1.52 bits per heavy atom. The number of ether oxygens (including phenoxy) is 2. The second-order valence-corrected chi connectivity index (χ2v) is 6.58. The molecule has 1 aromatic rings. The lowest BCUT2D eigenvalue weighted by Crippen LogP contribution is -2.48. The van der Waals surface area contributed by atoms with Crippen LogP contribution in [0.3, 0.4) is 0 Å². The minimum atomic E-state index is -3.73. The zero-order valence-electron chi connectivity index (χ0n) is 11.6. The van der Waals surface area contributed by atoms with E-state index < -0.39 is 22.1 Å². The van der Waals surface area contributed by atoms with Crippen LogP contribution in [0, 0.1) is 0 Å². The summed E-state index contributed by atoms with van der Waals surface area (Å²) in [5, 5.41) is 8.94. The van der Waals surface area contributed by atoms with Gasteiger partial charge in [-0.15, -0.1) is 0 Å². The zero-order valence-corrected chi connectivity index (χ0v) is 12.4. The SMILES string of the molecule is COCc1cccc(S(=O)(=O)N2CCOC(C(=O)O)C2)c1. The van der Waals surface area contributed by atoms with Gasteiger partial charge >= 0.3 is 5.97 Å². The van der Waals surface area contributed by atoms with Crippen LogP contribution in [0.4, 0.5) is 0 Å². The first-order valence-corrected chi connectivity index (χ1v) is 7.81. The number of sulfonamides is 1. The number of hydrogen-bond donors (Lipinski definition) is 1. The molecule has 1 N–H and O–H groups in total. The van der Waals surface area contributed by atoms with Crippen LogP contribution in [-0.2, 0) is 30.9 Å². The van der Waals surface area contributed by atoms with Crippen molar-refractivity contribution in [3.8, 4) is 0 Å². The highest BCUT2D eigenvalue weighted by molar-refractivity contribution is 7.89. The van der Waals surface area contributed by atoms with Crippen LogP contribution in [0.5, 0.6) is 0 Å². The smallest absolute Gasteiger partial charge is 0.334 e. The van der Waals surface area contributed by atoms with Crippen LogP contribution < -0.4 is 0 Å². The number of carboxylic acid groups (broad SMARTS) is 1. The summed E-state index contributed by atoms with van der Waals surface area (Å²) in [6, 6.07) is 6.42. The van der Waals surface area contributed by atoms with Crippen LogP contribution in [0.25, 0.3) is 0 Å². The molecule has 8 heteroatoms. The molecule has 0 spiro atoms. The van der Waals surface area contributed by atoms with E-state index in [1.807, 2.05) is 0 Å². The minimum absolute atomic E-state index is 0.0635. The Labute approximate surface area is 123 Å². The van der Waals surface area contributed by atoms with Crippen LogP contribution in [0.1, 0.15) is 5.56 Å². The normalized spacial score (nSPS) is 20.3. The van der Waals surface area contributed by atoms with E-state index in [9.17, 15) is 13.2 Å². The molecule has 1 atom stereocenters. The number of aliphatic carboxylic acids is 1. The van der Waals surface area contributed by atoms with Gasteiger partial charge in [0.15, 0.2) is 6.10 Å². The van der Waals surface area contributed by atoms with Gasteiger partial charge in [0.1, 0.15) is 0 Å². The molecule has 7 nitrogen and oxygen atoms in total. The Hall–Kier alpha value is -1.48. The molecule has 0 aromatic heterocycles. The molecule has 1 saturated heterocycles. The number of rotatable bonds is 5. The molecule has 1 aliphatic heterocycles. The van der Waals surface area contributed by atoms with Crippen molar-refractivity contribution in [2.45, 2.75) is 17.6 Å². The molecule has 2 rings (SSSR count). The van der Waals surface area contributed by atoms with Gasteiger partial charge < -0.3 is 14.6 Å². The second-order valence-electron chi connectivity index (χ2n) is 4.64. The molecule has 1 aromatic carbocycles. The molecule has 0 radical (unpaired) electrons. The summed E-state index contributed by atoms with van der Waals surface area (Å²) in [7, 11) is -2.21. The van der Waals surface area contributed by atoms with Crippen molar-refractivity contribution in [1.82, 2.24) is 4.31 Å². The summed E-state index contributed by atoms with van der Waals surface area (Å²) < 4.78 is 36.3. The predicted octanol–water partition coefficient (Wildman–Crippen LogP) is 0.307. The van der Waals surface area contributed by atoms with E-state index in [4.69, 9.17) is 14.6 Å². The predicted molar refractivity (Wildman–Crippen MR) is 73.3 cm³/mol. The molecule has 1 aliphatic rings. The highest BCUT2D eigenvalue weighted by Crippen LogP contribution is 2.20. The number of carboxylic acids is 1. The lowest BCUT2D eigenvalue weighted by Gasteiger charge is -2.30. The molecular formula is C13H17NO6S. The molecule has 1 heterocycles. The second kappa shape index (κ2) is 6.52. The number of nitrogens with zero attached hydrogens (tertiary/aromatic N) is 1. The van der Waals surface area contributed by atoms with E-state index in [0.29, 0.717) is 6.61 Å². The first-order chi connectivity index (χ1) is 9.95. The van der Waals surface area contributed by atoms with Crippen molar-refractivity contribution in [3.63, 3.8) is 0 Å². The first-order valence-electron chi connectivity index (χ1n) is 6.37. The summed E-state index contributed by atoms with van der Waals surface area (Å²) in [5.41, 5.74) is 0.738. The van der Waals surface area contributed by atoms with Gasteiger partial charge in [-0.05, 0) is 17.7 Å². The van der Waals surface area contributed by atoms with Crippen LogP contribution in [0.2, 0.25) is 0 Å². The maximum atomic E-state index is 12.5. The Morgan fingerprint density at radius 2 is 2.29 bits per heavy atom. The molecule has 0 aliphatic carbocycles. The third-order valence-corrected chi connectivity index (χ3v) is 5.01. The number of morpholine rings is 1. The quantitative estimate of drug-likeness (QED) is 0.840. The Kier molecular flexibility index (Phi) is 4.94. The lowest BCUT2D eigenvalue weighted by atomic mass is 10.2. The highest BCUT2D eigenvalue weighted by atomic mass is 32.2. The van der Waals surface area contributed by atoms with Crippen LogP contribution >= 0.6 is 0 Å². The fourth-order valence-corrected chi connectivity index (χ4v) is 3.60. The standard InChI is InChI=1S/C13H17NO6S/c1-19-9-10-3-2-4-11(7-10)21(17,18)14-5-6-20-12(8-14)13(15)16/h2-4,7,12H,5-6,8-9H2,1H3,(H,15,16). The lowest BCUT2D eigenvalue weighted by molar-refractivity contribution is -0.153. The third kappa shape index (κ3) is 3.59. The Morgan fingerprint density at radius 3 is 2.95 bits per heavy atom. The van der Waals surface area contributed by atoms with Gasteiger partial charge in [-0.2, -0.15) is 4.31 Å². The van der Waals surface area contributed by atoms with Crippen molar-refractivity contribution in [1.29, 1.82) is 0 Å². The van der Waals surface area contributed by atoms with Crippen molar-refractivity contribution in [2.24, 2.45) is 0 Å². The summed E-state index contributed by atoms with van der Waals surface area (Å²) in [6.07, 6.45) is -1.13. The van der Waals surface area contributed by atoms with Crippen molar-refractivity contribution < 1.29 is 27.8 Å². The van der Waals surface area contributed by atoms with Gasteiger partial charge in [-0.1, -0.05) is 12.1 Å². The summed E-state index contributed by atoms with van der Waals surface area (Å²) in [5.74, 6) is -1.16. The highest BCUT2D eigenvalue weighted by Gasteiger charge is 2.34. The van der Waals surface area contributed by atoms with Crippen molar-refractivity contribution >= 4 is 16.0 Å². The van der Waals surface area contributed by atoms with Gasteiger partial charge in [-0.3, -0.25) is 0 Å². The van der Waals surface area contributed by atoms with E-state index >= 15 is 0 Å². The van der Waals surface area contributed by atoms with Crippen LogP contribution in [0.15, 0.2) is 29.2 Å². The molecule has 116 valence electrons. The van der Waals surface area contributed by atoms with E-state index in [-0.39, 0.29) is 24.6 Å². The molecule has 1 unspecified atom stereocenters. The van der Waals surface area contributed by atoms with Gasteiger partial charge in [0.2, 0.25) is 10.0 Å². The van der Waals surface area contributed by atoms with Crippen molar-refractivity contribution in [2.75, 3.05) is 26.8 Å². The fourth-order valence-electron chi connectivity index (χ4n) is 2.10. The van der Waals surface area contributed by atoms with Gasteiger partial charge in [-0.25, -0.2) is 13.2 Å². The maximum Gasteiger partial charge on any atom is 0.334 e. The number of carbonyl (C=O) groups is 1.